The summed E-state index contributed by atoms with van der Waals surface area (Å²) in [6.07, 6.45) is 0. The van der Waals surface area contributed by atoms with E-state index in [1.54, 1.807) is 24.3 Å². The third-order valence-corrected chi connectivity index (χ3v) is 3.55. The Morgan fingerprint density at radius 1 is 0.793 bits per heavy atom. The topological polar surface area (TPSA) is 174 Å². The predicted octanol–water partition coefficient (Wildman–Crippen LogP) is 2.02. The van der Waals surface area contributed by atoms with Gasteiger partial charge in [-0.3, -0.25) is 0 Å². The van der Waals surface area contributed by atoms with Crippen LogP contribution in [0.2, 0.25) is 0 Å². The van der Waals surface area contributed by atoms with Crippen molar-refractivity contribution in [3.8, 4) is 24.3 Å². The lowest BCUT2D eigenvalue weighted by molar-refractivity contribution is 0.0600. The summed E-state index contributed by atoms with van der Waals surface area (Å²) in [4.78, 5) is 22.4. The van der Waals surface area contributed by atoms with Crippen molar-refractivity contribution in [1.29, 1.82) is 21.0 Å². The number of esters is 2. The standard InChI is InChI=1S/C10H2N4.C10H11NO4/c11-3-7-1-2-8(4-12)10(6-14)9(7)5-13;1-14-9(12)6-3-4-8(11)7(5-6)10(13)15-2/h1-2H;3-5H,11H2,1-2H3. The Labute approximate surface area is 166 Å². The van der Waals surface area contributed by atoms with Crippen LogP contribution in [0.1, 0.15) is 43.0 Å². The van der Waals surface area contributed by atoms with Gasteiger partial charge in [-0.25, -0.2) is 9.59 Å². The minimum Gasteiger partial charge on any atom is -0.465 e. The molecule has 0 aromatic heterocycles. The minimum atomic E-state index is -0.585. The monoisotopic (exact) mass is 387 g/mol. The van der Waals surface area contributed by atoms with Gasteiger partial charge in [0, 0.05) is 5.69 Å². The molecule has 2 N–H and O–H groups in total. The van der Waals surface area contributed by atoms with E-state index in [1.165, 1.54) is 44.6 Å². The van der Waals surface area contributed by atoms with Crippen molar-refractivity contribution in [3.63, 3.8) is 0 Å². The van der Waals surface area contributed by atoms with Crippen LogP contribution in [-0.4, -0.2) is 26.2 Å². The lowest BCUT2D eigenvalue weighted by Crippen LogP contribution is -2.09. The van der Waals surface area contributed by atoms with Crippen molar-refractivity contribution in [1.82, 2.24) is 0 Å². The van der Waals surface area contributed by atoms with E-state index in [1.807, 2.05) is 0 Å². The Balaban J connectivity index is 0.000000291. The highest BCUT2D eigenvalue weighted by atomic mass is 16.5. The predicted molar refractivity (Wildman–Crippen MR) is 98.8 cm³/mol. The van der Waals surface area contributed by atoms with Gasteiger partial charge < -0.3 is 15.2 Å². The number of benzene rings is 2. The molecule has 0 spiro atoms. The normalized spacial score (nSPS) is 8.62. The summed E-state index contributed by atoms with van der Waals surface area (Å²) in [5, 5.41) is 34.7. The number of nitriles is 4. The molecule has 9 nitrogen and oxygen atoms in total. The van der Waals surface area contributed by atoms with Crippen molar-refractivity contribution in [2.75, 3.05) is 20.0 Å². The number of nitrogens with zero attached hydrogens (tertiary/aromatic N) is 4. The van der Waals surface area contributed by atoms with Gasteiger partial charge in [-0.1, -0.05) is 0 Å². The molecule has 0 saturated carbocycles. The zero-order valence-corrected chi connectivity index (χ0v) is 15.4. The van der Waals surface area contributed by atoms with Crippen LogP contribution in [0.3, 0.4) is 0 Å². The number of ether oxygens (including phenoxy) is 2. The summed E-state index contributed by atoms with van der Waals surface area (Å²) in [6, 6.07) is 14.1. The van der Waals surface area contributed by atoms with Gasteiger partial charge in [-0.15, -0.1) is 0 Å². The van der Waals surface area contributed by atoms with Crippen molar-refractivity contribution < 1.29 is 19.1 Å². The first-order valence-corrected chi connectivity index (χ1v) is 7.71. The van der Waals surface area contributed by atoms with E-state index in [4.69, 9.17) is 26.8 Å². The van der Waals surface area contributed by atoms with Gasteiger partial charge in [0.2, 0.25) is 0 Å². The highest BCUT2D eigenvalue weighted by Gasteiger charge is 2.14. The van der Waals surface area contributed by atoms with Gasteiger partial charge in [-0.2, -0.15) is 21.0 Å². The molecular formula is C20H13N5O4. The maximum Gasteiger partial charge on any atom is 0.339 e. The summed E-state index contributed by atoms with van der Waals surface area (Å²) in [5.74, 6) is -1.11. The molecule has 0 amide bonds. The molecule has 0 heterocycles. The number of methoxy groups -OCH3 is 2. The average molecular weight is 387 g/mol. The van der Waals surface area contributed by atoms with E-state index in [9.17, 15) is 9.59 Å². The Hall–Kier alpha value is -4.86. The van der Waals surface area contributed by atoms with Crippen LogP contribution in [0.5, 0.6) is 0 Å². The van der Waals surface area contributed by atoms with E-state index in [0.29, 0.717) is 0 Å². The Morgan fingerprint density at radius 2 is 1.28 bits per heavy atom. The molecule has 9 heteroatoms. The molecular weight excluding hydrogens is 374 g/mol. The molecule has 142 valence electrons. The van der Waals surface area contributed by atoms with Gasteiger partial charge >= 0.3 is 11.9 Å². The van der Waals surface area contributed by atoms with Gasteiger partial charge in [0.25, 0.3) is 0 Å². The van der Waals surface area contributed by atoms with Crippen molar-refractivity contribution in [2.45, 2.75) is 0 Å². The van der Waals surface area contributed by atoms with E-state index in [-0.39, 0.29) is 39.1 Å². The number of hydrogen-bond acceptors (Lipinski definition) is 9. The summed E-state index contributed by atoms with van der Waals surface area (Å²) < 4.78 is 9.03. The smallest absolute Gasteiger partial charge is 0.339 e. The number of anilines is 1. The molecule has 0 aliphatic heterocycles. The number of nitrogens with two attached hydrogens (primary N) is 1. The molecule has 2 aromatic rings. The maximum atomic E-state index is 11.2. The fourth-order valence-corrected chi connectivity index (χ4v) is 2.11. The number of carbonyl (C=O) groups is 2. The van der Waals surface area contributed by atoms with E-state index in [2.05, 4.69) is 9.47 Å². The van der Waals surface area contributed by atoms with Crippen LogP contribution in [0.25, 0.3) is 0 Å². The van der Waals surface area contributed by atoms with Crippen LogP contribution >= 0.6 is 0 Å². The molecule has 0 saturated heterocycles. The molecule has 0 unspecified atom stereocenters. The quantitative estimate of drug-likeness (QED) is 0.597. The summed E-state index contributed by atoms with van der Waals surface area (Å²) in [6.45, 7) is 0. The highest BCUT2D eigenvalue weighted by Crippen LogP contribution is 2.17. The summed E-state index contributed by atoms with van der Waals surface area (Å²) in [5.41, 5.74) is 6.38. The van der Waals surface area contributed by atoms with Crippen LogP contribution in [0.4, 0.5) is 5.69 Å². The Bertz CT molecular complexity index is 1080. The van der Waals surface area contributed by atoms with Crippen LogP contribution in [-0.2, 0) is 9.47 Å². The molecule has 0 aliphatic rings. The molecule has 0 fully saturated rings. The van der Waals surface area contributed by atoms with E-state index < -0.39 is 11.9 Å². The summed E-state index contributed by atoms with van der Waals surface area (Å²) in [7, 11) is 2.50. The van der Waals surface area contributed by atoms with E-state index in [0.717, 1.165) is 0 Å². The van der Waals surface area contributed by atoms with Crippen molar-refractivity contribution >= 4 is 17.6 Å². The number of nitrogen functional groups attached to an aromatic ring is 1. The molecule has 2 aromatic carbocycles. The fraction of sp³-hybridized carbons (Fsp3) is 0.100. The van der Waals surface area contributed by atoms with Crippen LogP contribution in [0.15, 0.2) is 30.3 Å². The second kappa shape index (κ2) is 10.3. The third kappa shape index (κ3) is 5.08. The first-order chi connectivity index (χ1) is 13.9. The second-order valence-electron chi connectivity index (χ2n) is 5.14. The van der Waals surface area contributed by atoms with Crippen molar-refractivity contribution in [3.05, 3.63) is 63.7 Å². The zero-order chi connectivity index (χ0) is 22.0. The largest absolute Gasteiger partial charge is 0.465 e. The molecule has 0 radical (unpaired) electrons. The Morgan fingerprint density at radius 3 is 1.66 bits per heavy atom. The van der Waals surface area contributed by atoms with Gasteiger partial charge in [0.1, 0.15) is 24.3 Å². The average Bonchev–Trinajstić information content (AvgIpc) is 2.77. The zero-order valence-electron chi connectivity index (χ0n) is 15.4. The highest BCUT2D eigenvalue weighted by molar-refractivity contribution is 5.99. The van der Waals surface area contributed by atoms with Gasteiger partial charge in [0.15, 0.2) is 0 Å². The summed E-state index contributed by atoms with van der Waals surface area (Å²) >= 11 is 0. The van der Waals surface area contributed by atoms with E-state index >= 15 is 0 Å². The molecule has 29 heavy (non-hydrogen) atoms. The lowest BCUT2D eigenvalue weighted by Gasteiger charge is -2.05. The third-order valence-electron chi connectivity index (χ3n) is 3.55. The van der Waals surface area contributed by atoms with Crippen molar-refractivity contribution in [2.24, 2.45) is 0 Å². The SMILES string of the molecule is COC(=O)c1ccc(N)c(C(=O)OC)c1.N#Cc1ccc(C#N)c(C#N)c1C#N. The second-order valence-corrected chi connectivity index (χ2v) is 5.14. The van der Waals surface area contributed by atoms with Gasteiger partial charge in [-0.05, 0) is 30.3 Å². The lowest BCUT2D eigenvalue weighted by atomic mass is 9.99. The number of rotatable bonds is 2. The number of hydrogen-bond donors (Lipinski definition) is 1. The first kappa shape index (κ1) is 22.2. The molecule has 0 aliphatic carbocycles. The first-order valence-electron chi connectivity index (χ1n) is 7.71. The fourth-order valence-electron chi connectivity index (χ4n) is 2.11. The molecule has 2 rings (SSSR count). The molecule has 0 bridgehead atoms. The van der Waals surface area contributed by atoms with Crippen LogP contribution in [0, 0.1) is 45.3 Å². The minimum absolute atomic E-state index is 0.0333. The molecule has 0 atom stereocenters. The van der Waals surface area contributed by atoms with Crippen LogP contribution < -0.4 is 5.73 Å². The van der Waals surface area contributed by atoms with Gasteiger partial charge in [0.05, 0.1) is 47.6 Å². The maximum absolute atomic E-state index is 11.2. The number of carbonyl (C=O) groups excluding carboxylic acids is 2. The Kier molecular flexibility index (Phi) is 7.90.